The first-order valence-corrected chi connectivity index (χ1v) is 22.3. The van der Waals surface area contributed by atoms with Crippen LogP contribution in [0.2, 0.25) is 0 Å². The van der Waals surface area contributed by atoms with E-state index in [9.17, 15) is 0 Å². The highest BCUT2D eigenvalue weighted by Crippen LogP contribution is 2.39. The molecule has 0 amide bonds. The van der Waals surface area contributed by atoms with Gasteiger partial charge in [0, 0.05) is 90.1 Å². The molecule has 2 aromatic carbocycles. The predicted octanol–water partition coefficient (Wildman–Crippen LogP) is 14.6. The Hall–Kier alpha value is -7.24. The molecule has 10 aromatic rings. The smallest absolute Gasteiger partial charge is 0.0705 e. The number of hydrogen-bond acceptors (Lipinski definition) is 0. The van der Waals surface area contributed by atoms with Gasteiger partial charge in [-0.15, -0.1) is 0 Å². The molecule has 0 atom stereocenters. The average molecular weight is 833 g/mol. The number of pyridine rings is 4. The molecule has 0 fully saturated rings. The van der Waals surface area contributed by atoms with Crippen molar-refractivity contribution in [2.45, 2.75) is 83.1 Å². The fourth-order valence-electron chi connectivity index (χ4n) is 8.29. The second-order valence-corrected chi connectivity index (χ2v) is 21.1. The standard InChI is InChI=1S/2C30H28N2/c2*1-29(2,3)15-13-23-25-19-21-11-8-10-18-32(21)28(25)24(14-16-30(4,5)6)26-20-22-12-7-9-17-31(22)27(23)26/h2*7-12,17-20H,1-6H3. The topological polar surface area (TPSA) is 17.6 Å². The van der Waals surface area contributed by atoms with Gasteiger partial charge in [-0.1, -0.05) is 71.6 Å². The average Bonchev–Trinajstić information content (AvgIpc) is 4.00. The van der Waals surface area contributed by atoms with Crippen LogP contribution >= 0.6 is 0 Å². The molecule has 0 aliphatic heterocycles. The Balaban J connectivity index is 0.000000162. The molecule has 0 aliphatic carbocycles. The van der Waals surface area contributed by atoms with Gasteiger partial charge in [0.25, 0.3) is 0 Å². The molecular weight excluding hydrogens is 777 g/mol. The number of hydrogen-bond donors (Lipinski definition) is 0. The SMILES string of the molecule is CC(C)(C)C#Cc1c2cc3ccccn3c2c(C#CC(C)(C)C)c2cc3ccccn3c12.CC(C)(C)C#Cc1c2cc3ccccn3c2c(C#CC(C)(C)C)c2cc3ccccn3c12. The van der Waals surface area contributed by atoms with Gasteiger partial charge in [0.2, 0.25) is 0 Å². The van der Waals surface area contributed by atoms with Crippen molar-refractivity contribution >= 4 is 65.7 Å². The van der Waals surface area contributed by atoms with E-state index < -0.39 is 0 Å². The number of rotatable bonds is 0. The lowest BCUT2D eigenvalue weighted by atomic mass is 9.94. The van der Waals surface area contributed by atoms with Crippen LogP contribution in [0.15, 0.2) is 122 Å². The van der Waals surface area contributed by atoms with E-state index >= 15 is 0 Å². The van der Waals surface area contributed by atoms with Gasteiger partial charge in [-0.05, 0) is 156 Å². The van der Waals surface area contributed by atoms with Crippen molar-refractivity contribution < 1.29 is 0 Å². The van der Waals surface area contributed by atoms with Crippen LogP contribution in [0.3, 0.4) is 0 Å². The minimum atomic E-state index is -0.0877. The molecule has 10 rings (SSSR count). The normalized spacial score (nSPS) is 12.2. The van der Waals surface area contributed by atoms with Crippen LogP contribution in [-0.4, -0.2) is 17.6 Å². The quantitative estimate of drug-likeness (QED) is 0.136. The van der Waals surface area contributed by atoms with Crippen molar-refractivity contribution in [1.82, 2.24) is 17.6 Å². The fourth-order valence-corrected chi connectivity index (χ4v) is 8.29. The Bertz CT molecular complexity index is 3270. The summed E-state index contributed by atoms with van der Waals surface area (Å²) in [6.07, 6.45) is 8.51. The lowest BCUT2D eigenvalue weighted by Gasteiger charge is -2.11. The molecule has 4 heteroatoms. The van der Waals surface area contributed by atoms with Gasteiger partial charge in [-0.25, -0.2) is 0 Å². The molecular formula is C60H56N4. The van der Waals surface area contributed by atoms with Crippen molar-refractivity contribution in [3.63, 3.8) is 0 Å². The Morgan fingerprint density at radius 1 is 0.297 bits per heavy atom. The van der Waals surface area contributed by atoms with E-state index in [0.29, 0.717) is 0 Å². The summed E-state index contributed by atoms with van der Waals surface area (Å²) < 4.78 is 9.02. The molecule has 64 heavy (non-hydrogen) atoms. The van der Waals surface area contributed by atoms with Gasteiger partial charge in [0.05, 0.1) is 44.3 Å². The van der Waals surface area contributed by atoms with Gasteiger partial charge in [-0.3, -0.25) is 0 Å². The molecule has 8 heterocycles. The van der Waals surface area contributed by atoms with E-state index in [4.69, 9.17) is 0 Å². The number of nitrogens with zero attached hydrogens (tertiary/aromatic N) is 4. The van der Waals surface area contributed by atoms with Crippen LogP contribution in [0.1, 0.15) is 105 Å². The first-order chi connectivity index (χ1) is 30.2. The summed E-state index contributed by atoms with van der Waals surface area (Å²) in [5.41, 5.74) is 13.1. The van der Waals surface area contributed by atoms with Crippen molar-refractivity contribution in [3.05, 3.63) is 144 Å². The largest absolute Gasteiger partial charge is 0.315 e. The van der Waals surface area contributed by atoms with E-state index in [-0.39, 0.29) is 21.7 Å². The van der Waals surface area contributed by atoms with E-state index in [1.807, 2.05) is 0 Å². The zero-order valence-electron chi connectivity index (χ0n) is 39.3. The second-order valence-electron chi connectivity index (χ2n) is 21.1. The first kappa shape index (κ1) is 42.1. The number of fused-ring (bicyclic) bond motifs is 12. The highest BCUT2D eigenvalue weighted by Gasteiger charge is 2.22. The summed E-state index contributed by atoms with van der Waals surface area (Å²) in [4.78, 5) is 0. The van der Waals surface area contributed by atoms with Crippen LogP contribution in [0.4, 0.5) is 0 Å². The number of benzene rings is 2. The summed E-state index contributed by atoms with van der Waals surface area (Å²) in [6.45, 7) is 25.9. The van der Waals surface area contributed by atoms with Gasteiger partial charge >= 0.3 is 0 Å². The van der Waals surface area contributed by atoms with Crippen molar-refractivity contribution in [2.75, 3.05) is 0 Å². The van der Waals surface area contributed by atoms with Crippen LogP contribution in [0.25, 0.3) is 65.7 Å². The van der Waals surface area contributed by atoms with Gasteiger partial charge in [-0.2, -0.15) is 0 Å². The molecule has 8 aromatic heterocycles. The molecule has 0 bridgehead atoms. The minimum Gasteiger partial charge on any atom is -0.315 e. The second kappa shape index (κ2) is 15.2. The summed E-state index contributed by atoms with van der Waals surface area (Å²) in [6, 6.07) is 34.3. The monoisotopic (exact) mass is 832 g/mol. The van der Waals surface area contributed by atoms with Crippen LogP contribution in [0.5, 0.6) is 0 Å². The molecule has 4 nitrogen and oxygen atoms in total. The van der Waals surface area contributed by atoms with Crippen molar-refractivity contribution in [3.8, 4) is 47.4 Å². The van der Waals surface area contributed by atoms with Crippen LogP contribution in [-0.2, 0) is 0 Å². The maximum atomic E-state index is 3.58. The highest BCUT2D eigenvalue weighted by atomic mass is 14.9. The zero-order chi connectivity index (χ0) is 45.3. The number of aromatic nitrogens is 4. The maximum Gasteiger partial charge on any atom is 0.0705 e. The molecule has 0 aliphatic rings. The zero-order valence-corrected chi connectivity index (χ0v) is 39.3. The summed E-state index contributed by atoms with van der Waals surface area (Å²) in [5, 5.41) is 4.62. The third-order valence-corrected chi connectivity index (χ3v) is 11.0. The Labute approximate surface area is 377 Å². The lowest BCUT2D eigenvalue weighted by molar-refractivity contribution is 0.570. The van der Waals surface area contributed by atoms with E-state index in [1.165, 1.54) is 0 Å². The van der Waals surface area contributed by atoms with Crippen LogP contribution < -0.4 is 0 Å². The minimum absolute atomic E-state index is 0.0877. The summed E-state index contributed by atoms with van der Waals surface area (Å²) in [7, 11) is 0. The highest BCUT2D eigenvalue weighted by molar-refractivity contribution is 6.13. The van der Waals surface area contributed by atoms with Gasteiger partial charge < -0.3 is 17.6 Å². The van der Waals surface area contributed by atoms with Crippen molar-refractivity contribution in [1.29, 1.82) is 0 Å². The Morgan fingerprint density at radius 3 is 0.688 bits per heavy atom. The molecule has 0 N–H and O–H groups in total. The molecule has 0 saturated heterocycles. The molecule has 0 radical (unpaired) electrons. The predicted molar refractivity (Wildman–Crippen MR) is 272 cm³/mol. The van der Waals surface area contributed by atoms with E-state index in [2.05, 4.69) is 270 Å². The first-order valence-electron chi connectivity index (χ1n) is 22.3. The molecule has 0 unspecified atom stereocenters. The Morgan fingerprint density at radius 2 is 0.500 bits per heavy atom. The third-order valence-electron chi connectivity index (χ3n) is 11.0. The van der Waals surface area contributed by atoms with Gasteiger partial charge in [0.1, 0.15) is 0 Å². The van der Waals surface area contributed by atoms with E-state index in [1.54, 1.807) is 0 Å². The lowest BCUT2D eigenvalue weighted by Crippen LogP contribution is -2.01. The Kier molecular flexibility index (Phi) is 10.0. The van der Waals surface area contributed by atoms with Gasteiger partial charge in [0.15, 0.2) is 0 Å². The molecule has 316 valence electrons. The summed E-state index contributed by atoms with van der Waals surface area (Å²) >= 11 is 0. The third kappa shape index (κ3) is 7.99. The summed E-state index contributed by atoms with van der Waals surface area (Å²) in [5.74, 6) is 28.3. The van der Waals surface area contributed by atoms with E-state index in [0.717, 1.165) is 87.9 Å². The van der Waals surface area contributed by atoms with Crippen molar-refractivity contribution in [2.24, 2.45) is 21.7 Å². The maximum absolute atomic E-state index is 3.58. The molecule has 0 spiro atoms. The molecule has 0 saturated carbocycles. The van der Waals surface area contributed by atoms with Crippen LogP contribution in [0, 0.1) is 69.0 Å². The fraction of sp³-hybridized carbons (Fsp3) is 0.267.